The molecule has 1 aromatic carbocycles. The average Bonchev–Trinajstić information content (AvgIpc) is 2.35. The summed E-state index contributed by atoms with van der Waals surface area (Å²) < 4.78 is 0. The summed E-state index contributed by atoms with van der Waals surface area (Å²) in [6.07, 6.45) is 1.10. The summed E-state index contributed by atoms with van der Waals surface area (Å²) in [6, 6.07) is 7.91. The van der Waals surface area contributed by atoms with Gasteiger partial charge >= 0.3 is 0 Å². The van der Waals surface area contributed by atoms with E-state index in [0.717, 1.165) is 16.7 Å². The van der Waals surface area contributed by atoms with Crippen LogP contribution in [0.15, 0.2) is 48.1 Å². The monoisotopic (exact) mass is 229 g/mol. The van der Waals surface area contributed by atoms with Gasteiger partial charge in [0.25, 0.3) is 0 Å². The van der Waals surface area contributed by atoms with Gasteiger partial charge in [-0.15, -0.1) is 0 Å². The number of carbonyl (C=O) groups is 1. The van der Waals surface area contributed by atoms with Crippen LogP contribution >= 0.6 is 0 Å². The number of aliphatic hydroxyl groups excluding tert-OH is 1. The van der Waals surface area contributed by atoms with Gasteiger partial charge in [-0.3, -0.25) is 4.79 Å². The van der Waals surface area contributed by atoms with E-state index in [1.807, 2.05) is 24.3 Å². The van der Waals surface area contributed by atoms with E-state index in [1.165, 1.54) is 6.08 Å². The lowest BCUT2D eigenvalue weighted by Gasteiger charge is -2.22. The number of carbonyl (C=O) groups excluding carboxylic acids is 1. The van der Waals surface area contributed by atoms with Gasteiger partial charge in [0.1, 0.15) is 6.10 Å². The maximum atomic E-state index is 10.9. The summed E-state index contributed by atoms with van der Waals surface area (Å²) in [5.74, 6) is -0.239. The minimum Gasteiger partial charge on any atom is -0.380 e. The third kappa shape index (κ3) is 2.35. The van der Waals surface area contributed by atoms with E-state index in [-0.39, 0.29) is 5.78 Å². The highest BCUT2D eigenvalue weighted by Crippen LogP contribution is 2.25. The van der Waals surface area contributed by atoms with Crippen LogP contribution in [0.5, 0.6) is 0 Å². The molecule has 2 rings (SSSR count). The molecule has 0 amide bonds. The van der Waals surface area contributed by atoms with Crippen LogP contribution in [-0.4, -0.2) is 17.0 Å². The van der Waals surface area contributed by atoms with Crippen LogP contribution in [0, 0.1) is 0 Å². The fraction of sp³-hybridized carbons (Fsp3) is 0.214. The molecule has 0 saturated carbocycles. The van der Waals surface area contributed by atoms with Gasteiger partial charge in [-0.2, -0.15) is 0 Å². The number of benzene rings is 1. The highest BCUT2D eigenvalue weighted by molar-refractivity contribution is 6.05. The van der Waals surface area contributed by atoms with Crippen LogP contribution in [0.2, 0.25) is 0 Å². The Kier molecular flexibility index (Phi) is 3.22. The van der Waals surface area contributed by atoms with Gasteiger partial charge in [-0.05, 0) is 34.8 Å². The second-order valence-electron chi connectivity index (χ2n) is 4.21. The lowest BCUT2D eigenvalue weighted by atomic mass is 9.85. The SMILES string of the molecule is C=C(Cc1cccc(CN)c1)C1=CC(=O)C1O. The third-order valence-electron chi connectivity index (χ3n) is 2.91. The average molecular weight is 229 g/mol. The predicted molar refractivity (Wildman–Crippen MR) is 66.3 cm³/mol. The first kappa shape index (κ1) is 11.8. The quantitative estimate of drug-likeness (QED) is 0.813. The smallest absolute Gasteiger partial charge is 0.189 e. The Morgan fingerprint density at radius 2 is 2.12 bits per heavy atom. The fourth-order valence-electron chi connectivity index (χ4n) is 1.88. The van der Waals surface area contributed by atoms with Crippen LogP contribution in [0.3, 0.4) is 0 Å². The van der Waals surface area contributed by atoms with Crippen molar-refractivity contribution in [3.8, 4) is 0 Å². The van der Waals surface area contributed by atoms with Gasteiger partial charge in [-0.1, -0.05) is 30.8 Å². The topological polar surface area (TPSA) is 63.3 Å². The molecule has 1 aliphatic rings. The second-order valence-corrected chi connectivity index (χ2v) is 4.21. The van der Waals surface area contributed by atoms with Crippen molar-refractivity contribution in [2.75, 3.05) is 0 Å². The number of hydrogen-bond acceptors (Lipinski definition) is 3. The third-order valence-corrected chi connectivity index (χ3v) is 2.91. The normalized spacial score (nSPS) is 18.6. The maximum absolute atomic E-state index is 10.9. The minimum atomic E-state index is -0.972. The Balaban J connectivity index is 2.09. The molecule has 0 aliphatic heterocycles. The number of rotatable bonds is 4. The van der Waals surface area contributed by atoms with Gasteiger partial charge in [0, 0.05) is 6.54 Å². The lowest BCUT2D eigenvalue weighted by Crippen LogP contribution is -2.31. The number of nitrogens with two attached hydrogens (primary N) is 1. The zero-order valence-corrected chi connectivity index (χ0v) is 9.52. The van der Waals surface area contributed by atoms with Gasteiger partial charge < -0.3 is 10.8 Å². The van der Waals surface area contributed by atoms with E-state index in [4.69, 9.17) is 5.73 Å². The van der Waals surface area contributed by atoms with Crippen molar-refractivity contribution in [1.82, 2.24) is 0 Å². The Bertz CT molecular complexity index is 503. The van der Waals surface area contributed by atoms with Crippen molar-refractivity contribution in [3.05, 3.63) is 59.2 Å². The van der Waals surface area contributed by atoms with E-state index in [2.05, 4.69) is 6.58 Å². The maximum Gasteiger partial charge on any atom is 0.189 e. The number of aliphatic hydroxyl groups is 1. The van der Waals surface area contributed by atoms with E-state index in [1.54, 1.807) is 0 Å². The van der Waals surface area contributed by atoms with Crippen LogP contribution in [-0.2, 0) is 17.8 Å². The molecular weight excluding hydrogens is 214 g/mol. The molecule has 0 saturated heterocycles. The molecule has 0 spiro atoms. The van der Waals surface area contributed by atoms with Crippen LogP contribution in [0.4, 0.5) is 0 Å². The summed E-state index contributed by atoms with van der Waals surface area (Å²) in [5, 5.41) is 9.43. The van der Waals surface area contributed by atoms with Crippen molar-refractivity contribution >= 4 is 5.78 Å². The summed E-state index contributed by atoms with van der Waals surface area (Å²) in [5.41, 5.74) is 9.15. The zero-order chi connectivity index (χ0) is 12.4. The number of hydrogen-bond donors (Lipinski definition) is 2. The van der Waals surface area contributed by atoms with E-state index in [0.29, 0.717) is 18.5 Å². The minimum absolute atomic E-state index is 0.239. The molecule has 0 bridgehead atoms. The van der Waals surface area contributed by atoms with Crippen molar-refractivity contribution < 1.29 is 9.90 Å². The van der Waals surface area contributed by atoms with E-state index in [9.17, 15) is 9.90 Å². The molecule has 0 aromatic heterocycles. The molecule has 88 valence electrons. The van der Waals surface area contributed by atoms with Gasteiger partial charge in [0.2, 0.25) is 0 Å². The highest BCUT2D eigenvalue weighted by atomic mass is 16.3. The molecule has 3 N–H and O–H groups in total. The molecule has 3 heteroatoms. The van der Waals surface area contributed by atoms with Gasteiger partial charge in [0.05, 0.1) is 0 Å². The summed E-state index contributed by atoms with van der Waals surface area (Å²) in [6.45, 7) is 4.40. The largest absolute Gasteiger partial charge is 0.380 e. The fourth-order valence-corrected chi connectivity index (χ4v) is 1.88. The second kappa shape index (κ2) is 4.65. The molecule has 3 nitrogen and oxygen atoms in total. The van der Waals surface area contributed by atoms with Crippen molar-refractivity contribution in [2.45, 2.75) is 19.1 Å². The molecule has 1 aromatic rings. The Morgan fingerprint density at radius 3 is 2.71 bits per heavy atom. The highest BCUT2D eigenvalue weighted by Gasteiger charge is 2.29. The molecule has 17 heavy (non-hydrogen) atoms. The van der Waals surface area contributed by atoms with Crippen molar-refractivity contribution in [2.24, 2.45) is 5.73 Å². The summed E-state index contributed by atoms with van der Waals surface area (Å²) in [7, 11) is 0. The summed E-state index contributed by atoms with van der Waals surface area (Å²) in [4.78, 5) is 10.9. The predicted octanol–water partition coefficient (Wildman–Crippen LogP) is 1.11. The Morgan fingerprint density at radius 1 is 1.41 bits per heavy atom. The molecule has 0 fully saturated rings. The molecule has 0 heterocycles. The molecule has 1 unspecified atom stereocenters. The van der Waals surface area contributed by atoms with Crippen LogP contribution in [0.25, 0.3) is 0 Å². The molecular formula is C14H15NO2. The first-order chi connectivity index (χ1) is 8.11. The number of ketones is 1. The first-order valence-corrected chi connectivity index (χ1v) is 5.51. The first-order valence-electron chi connectivity index (χ1n) is 5.51. The Hall–Kier alpha value is -1.71. The van der Waals surface area contributed by atoms with E-state index >= 15 is 0 Å². The van der Waals surface area contributed by atoms with Crippen LogP contribution in [0.1, 0.15) is 11.1 Å². The molecule has 1 atom stereocenters. The van der Waals surface area contributed by atoms with Crippen LogP contribution < -0.4 is 5.73 Å². The van der Waals surface area contributed by atoms with E-state index < -0.39 is 6.10 Å². The van der Waals surface area contributed by atoms with Crippen molar-refractivity contribution in [3.63, 3.8) is 0 Å². The zero-order valence-electron chi connectivity index (χ0n) is 9.52. The van der Waals surface area contributed by atoms with Gasteiger partial charge in [0.15, 0.2) is 5.78 Å². The molecule has 1 aliphatic carbocycles. The van der Waals surface area contributed by atoms with Gasteiger partial charge in [-0.25, -0.2) is 0 Å². The molecule has 0 radical (unpaired) electrons. The Labute approximate surface area is 100 Å². The standard InChI is InChI=1S/C14H15NO2/c1-9(12-7-13(16)14(12)17)5-10-3-2-4-11(6-10)8-15/h2-4,6-7,14,17H,1,5,8,15H2. The van der Waals surface area contributed by atoms with Crippen molar-refractivity contribution in [1.29, 1.82) is 0 Å². The lowest BCUT2D eigenvalue weighted by molar-refractivity contribution is -0.122. The summed E-state index contributed by atoms with van der Waals surface area (Å²) >= 11 is 0.